The van der Waals surface area contributed by atoms with Gasteiger partial charge in [-0.15, -0.1) is 0 Å². The summed E-state index contributed by atoms with van der Waals surface area (Å²) in [6.07, 6.45) is 1.89. The number of rotatable bonds is 5. The second kappa shape index (κ2) is 5.93. The van der Waals surface area contributed by atoms with E-state index in [0.717, 1.165) is 18.4 Å². The van der Waals surface area contributed by atoms with Gasteiger partial charge in [0.05, 0.1) is 12.3 Å². The number of carbonyl (C=O) groups is 1. The van der Waals surface area contributed by atoms with Crippen LogP contribution in [-0.2, 0) is 0 Å². The van der Waals surface area contributed by atoms with Crippen molar-refractivity contribution in [3.05, 3.63) is 40.5 Å². The molecule has 3 rings (SSSR count). The maximum atomic E-state index is 11.6. The Bertz CT molecular complexity index is 712. The largest absolute Gasteiger partial charge is 0.477 e. The fourth-order valence-corrected chi connectivity index (χ4v) is 2.41. The number of hydrogen-bond acceptors (Lipinski definition) is 4. The summed E-state index contributed by atoms with van der Waals surface area (Å²) in [7, 11) is 0. The van der Waals surface area contributed by atoms with Gasteiger partial charge < -0.3 is 9.84 Å². The Kier molecular flexibility index (Phi) is 3.98. The van der Waals surface area contributed by atoms with Gasteiger partial charge in [0.15, 0.2) is 5.82 Å². The maximum absolute atomic E-state index is 11.6. The molecule has 1 heterocycles. The lowest BCUT2D eigenvalue weighted by Crippen LogP contribution is -2.11. The molecule has 1 aromatic heterocycles. The van der Waals surface area contributed by atoms with Crippen LogP contribution in [0, 0.1) is 0 Å². The molecular formula is C16H15ClN2O3. The van der Waals surface area contributed by atoms with Crippen molar-refractivity contribution >= 4 is 17.6 Å². The number of halogens is 1. The molecule has 0 saturated heterocycles. The highest BCUT2D eigenvalue weighted by molar-refractivity contribution is 6.30. The van der Waals surface area contributed by atoms with E-state index in [1.54, 1.807) is 19.1 Å². The third-order valence-corrected chi connectivity index (χ3v) is 3.72. The molecule has 2 aromatic rings. The van der Waals surface area contributed by atoms with E-state index in [1.165, 1.54) is 0 Å². The summed E-state index contributed by atoms with van der Waals surface area (Å²) in [5.74, 6) is -0.267. The van der Waals surface area contributed by atoms with Gasteiger partial charge in [0.1, 0.15) is 5.56 Å². The summed E-state index contributed by atoms with van der Waals surface area (Å²) in [6, 6.07) is 7.13. The lowest BCUT2D eigenvalue weighted by molar-refractivity contribution is 0.0689. The molecule has 1 aliphatic rings. The van der Waals surface area contributed by atoms with E-state index < -0.39 is 5.97 Å². The standard InChI is InChI=1S/C16H15ClN2O3/c1-2-22-15-12(16(20)21)13(9-3-4-9)18-14(19-15)10-5-7-11(17)8-6-10/h5-9H,2-4H2,1H3,(H,20,21). The van der Waals surface area contributed by atoms with E-state index in [4.69, 9.17) is 16.3 Å². The first-order valence-corrected chi connectivity index (χ1v) is 7.52. The number of carboxylic acid groups (broad SMARTS) is 1. The van der Waals surface area contributed by atoms with Gasteiger partial charge >= 0.3 is 5.97 Å². The molecule has 0 amide bonds. The zero-order valence-electron chi connectivity index (χ0n) is 12.0. The minimum absolute atomic E-state index is 0.0852. The predicted octanol–water partition coefficient (Wildman–Crippen LogP) is 3.77. The molecular weight excluding hydrogens is 304 g/mol. The summed E-state index contributed by atoms with van der Waals surface area (Å²) in [5, 5.41) is 10.1. The van der Waals surface area contributed by atoms with Gasteiger partial charge in [-0.1, -0.05) is 11.6 Å². The number of ether oxygens (including phenoxy) is 1. The Hall–Kier alpha value is -2.14. The molecule has 1 N–H and O–H groups in total. The molecule has 1 aliphatic carbocycles. The van der Waals surface area contributed by atoms with E-state index in [9.17, 15) is 9.90 Å². The summed E-state index contributed by atoms with van der Waals surface area (Å²) in [4.78, 5) is 20.3. The van der Waals surface area contributed by atoms with Crippen LogP contribution in [0.3, 0.4) is 0 Å². The Morgan fingerprint density at radius 3 is 2.55 bits per heavy atom. The third-order valence-electron chi connectivity index (χ3n) is 3.47. The zero-order valence-corrected chi connectivity index (χ0v) is 12.8. The molecule has 0 aliphatic heterocycles. The fraction of sp³-hybridized carbons (Fsp3) is 0.312. The number of nitrogens with zero attached hydrogens (tertiary/aromatic N) is 2. The summed E-state index contributed by atoms with van der Waals surface area (Å²) in [6.45, 7) is 2.15. The fourth-order valence-electron chi connectivity index (χ4n) is 2.28. The second-order valence-corrected chi connectivity index (χ2v) is 5.57. The van der Waals surface area contributed by atoms with E-state index >= 15 is 0 Å². The number of aromatic nitrogens is 2. The lowest BCUT2D eigenvalue weighted by Gasteiger charge is -2.12. The Balaban J connectivity index is 2.15. The van der Waals surface area contributed by atoms with Crippen LogP contribution in [0.5, 0.6) is 5.88 Å². The number of benzene rings is 1. The van der Waals surface area contributed by atoms with Gasteiger partial charge in [-0.05, 0) is 44.0 Å². The van der Waals surface area contributed by atoms with E-state index in [0.29, 0.717) is 23.1 Å². The Morgan fingerprint density at radius 2 is 2.00 bits per heavy atom. The SMILES string of the molecule is CCOc1nc(-c2ccc(Cl)cc2)nc(C2CC2)c1C(=O)O. The third kappa shape index (κ3) is 2.90. The predicted molar refractivity (Wildman–Crippen MR) is 82.6 cm³/mol. The van der Waals surface area contributed by atoms with Crippen molar-refractivity contribution < 1.29 is 14.6 Å². The molecule has 0 unspecified atom stereocenters. The molecule has 1 saturated carbocycles. The monoisotopic (exact) mass is 318 g/mol. The van der Waals surface area contributed by atoms with Crippen LogP contribution in [0.25, 0.3) is 11.4 Å². The quantitative estimate of drug-likeness (QED) is 0.908. The van der Waals surface area contributed by atoms with Crippen molar-refractivity contribution in [2.24, 2.45) is 0 Å². The van der Waals surface area contributed by atoms with Crippen molar-refractivity contribution in [3.63, 3.8) is 0 Å². The number of aromatic carboxylic acids is 1. The number of carboxylic acids is 1. The van der Waals surface area contributed by atoms with Crippen molar-refractivity contribution in [3.8, 4) is 17.3 Å². The molecule has 0 radical (unpaired) electrons. The number of hydrogen-bond donors (Lipinski definition) is 1. The Labute approximate surface area is 132 Å². The summed E-state index contributed by atoms with van der Waals surface area (Å²) < 4.78 is 5.44. The molecule has 0 atom stereocenters. The average molecular weight is 319 g/mol. The van der Waals surface area contributed by atoms with E-state index in [1.807, 2.05) is 12.1 Å². The molecule has 0 spiro atoms. The molecule has 22 heavy (non-hydrogen) atoms. The smallest absolute Gasteiger partial charge is 0.343 e. The van der Waals surface area contributed by atoms with Crippen LogP contribution in [0.2, 0.25) is 5.02 Å². The van der Waals surface area contributed by atoms with Gasteiger partial charge in [-0.25, -0.2) is 9.78 Å². The van der Waals surface area contributed by atoms with Crippen LogP contribution < -0.4 is 4.74 Å². The van der Waals surface area contributed by atoms with Crippen LogP contribution in [0.15, 0.2) is 24.3 Å². The van der Waals surface area contributed by atoms with Gasteiger partial charge in [0.25, 0.3) is 0 Å². The van der Waals surface area contributed by atoms with Crippen LogP contribution in [0.1, 0.15) is 41.7 Å². The van der Waals surface area contributed by atoms with Crippen LogP contribution in [0.4, 0.5) is 0 Å². The highest BCUT2D eigenvalue weighted by Crippen LogP contribution is 2.43. The van der Waals surface area contributed by atoms with Gasteiger partial charge in [-0.2, -0.15) is 4.98 Å². The van der Waals surface area contributed by atoms with Gasteiger partial charge in [0.2, 0.25) is 5.88 Å². The van der Waals surface area contributed by atoms with Crippen LogP contribution >= 0.6 is 11.6 Å². The first kappa shape index (κ1) is 14.8. The highest BCUT2D eigenvalue weighted by Gasteiger charge is 2.33. The highest BCUT2D eigenvalue weighted by atomic mass is 35.5. The van der Waals surface area contributed by atoms with E-state index in [2.05, 4.69) is 9.97 Å². The lowest BCUT2D eigenvalue weighted by atomic mass is 10.1. The molecule has 5 nitrogen and oxygen atoms in total. The normalized spacial score (nSPS) is 13.9. The van der Waals surface area contributed by atoms with Gasteiger partial charge in [0, 0.05) is 16.5 Å². The molecule has 1 aromatic carbocycles. The van der Waals surface area contributed by atoms with Crippen molar-refractivity contribution in [2.75, 3.05) is 6.61 Å². The summed E-state index contributed by atoms with van der Waals surface area (Å²) >= 11 is 5.90. The van der Waals surface area contributed by atoms with E-state index in [-0.39, 0.29) is 17.4 Å². The van der Waals surface area contributed by atoms with Crippen molar-refractivity contribution in [2.45, 2.75) is 25.7 Å². The molecule has 1 fully saturated rings. The Morgan fingerprint density at radius 1 is 1.32 bits per heavy atom. The van der Waals surface area contributed by atoms with Crippen molar-refractivity contribution in [1.82, 2.24) is 9.97 Å². The van der Waals surface area contributed by atoms with Gasteiger partial charge in [-0.3, -0.25) is 0 Å². The maximum Gasteiger partial charge on any atom is 0.343 e. The second-order valence-electron chi connectivity index (χ2n) is 5.13. The average Bonchev–Trinajstić information content (AvgIpc) is 3.32. The minimum atomic E-state index is -1.05. The van der Waals surface area contributed by atoms with Crippen LogP contribution in [-0.4, -0.2) is 27.7 Å². The van der Waals surface area contributed by atoms with Crippen molar-refractivity contribution in [1.29, 1.82) is 0 Å². The summed E-state index contributed by atoms with van der Waals surface area (Å²) in [5.41, 5.74) is 1.43. The molecule has 6 heteroatoms. The molecule has 114 valence electrons. The first-order valence-electron chi connectivity index (χ1n) is 7.14. The first-order chi connectivity index (χ1) is 10.6. The minimum Gasteiger partial charge on any atom is -0.477 e. The zero-order chi connectivity index (χ0) is 15.7. The topological polar surface area (TPSA) is 72.3 Å². The molecule has 0 bridgehead atoms.